The van der Waals surface area contributed by atoms with E-state index in [0.717, 1.165) is 5.56 Å². The first-order chi connectivity index (χ1) is 10.9. The van der Waals surface area contributed by atoms with Crippen LogP contribution >= 0.6 is 11.6 Å². The zero-order valence-corrected chi connectivity index (χ0v) is 13.8. The van der Waals surface area contributed by atoms with Gasteiger partial charge in [-0.3, -0.25) is 10.2 Å². The standard InChI is InChI=1S/C16H18ClN3O3/c1-9-8-14(11(3)23-9)15(21)19-20-16(22)18-10(2)12-4-6-13(17)7-5-12/h4-8,10H,1-3H3,(H,19,21)(H2,18,20,22). The number of carbonyl (C=O) groups is 2. The summed E-state index contributed by atoms with van der Waals surface area (Å²) in [5.74, 6) is 0.693. The third-order valence-electron chi connectivity index (χ3n) is 3.29. The number of hydrazine groups is 1. The van der Waals surface area contributed by atoms with Gasteiger partial charge < -0.3 is 9.73 Å². The van der Waals surface area contributed by atoms with Crippen LogP contribution in [0.5, 0.6) is 0 Å². The molecule has 1 unspecified atom stereocenters. The molecule has 0 saturated heterocycles. The van der Waals surface area contributed by atoms with Crippen molar-refractivity contribution in [2.45, 2.75) is 26.8 Å². The van der Waals surface area contributed by atoms with Gasteiger partial charge in [-0.1, -0.05) is 23.7 Å². The topological polar surface area (TPSA) is 83.4 Å². The molecule has 1 atom stereocenters. The van der Waals surface area contributed by atoms with Crippen LogP contribution in [0, 0.1) is 13.8 Å². The Labute approximate surface area is 139 Å². The van der Waals surface area contributed by atoms with Crippen LogP contribution in [0.25, 0.3) is 0 Å². The van der Waals surface area contributed by atoms with E-state index in [1.807, 2.05) is 19.1 Å². The largest absolute Gasteiger partial charge is 0.466 e. The number of rotatable bonds is 3. The molecule has 3 N–H and O–H groups in total. The fourth-order valence-electron chi connectivity index (χ4n) is 2.10. The smallest absolute Gasteiger partial charge is 0.333 e. The van der Waals surface area contributed by atoms with Crippen molar-refractivity contribution in [1.82, 2.24) is 16.2 Å². The summed E-state index contributed by atoms with van der Waals surface area (Å²) in [6.45, 7) is 5.26. The van der Waals surface area contributed by atoms with Crippen LogP contribution in [0.1, 0.15) is 40.4 Å². The van der Waals surface area contributed by atoms with E-state index in [1.165, 1.54) is 0 Å². The van der Waals surface area contributed by atoms with Crippen LogP contribution in [0.2, 0.25) is 5.02 Å². The molecule has 2 rings (SSSR count). The summed E-state index contributed by atoms with van der Waals surface area (Å²) in [7, 11) is 0. The van der Waals surface area contributed by atoms with Gasteiger partial charge in [0.1, 0.15) is 11.5 Å². The molecule has 23 heavy (non-hydrogen) atoms. The minimum Gasteiger partial charge on any atom is -0.466 e. The van der Waals surface area contributed by atoms with Crippen LogP contribution in [0.15, 0.2) is 34.7 Å². The maximum Gasteiger partial charge on any atom is 0.333 e. The molecule has 1 heterocycles. The SMILES string of the molecule is Cc1cc(C(=O)NNC(=O)NC(C)c2ccc(Cl)cc2)c(C)o1. The number of hydrogen-bond acceptors (Lipinski definition) is 3. The van der Waals surface area contributed by atoms with Gasteiger partial charge in [-0.2, -0.15) is 0 Å². The molecular weight excluding hydrogens is 318 g/mol. The molecule has 6 nitrogen and oxygen atoms in total. The van der Waals surface area contributed by atoms with Gasteiger partial charge >= 0.3 is 6.03 Å². The second-order valence-corrected chi connectivity index (χ2v) is 5.59. The van der Waals surface area contributed by atoms with E-state index in [1.54, 1.807) is 32.0 Å². The Morgan fingerprint density at radius 2 is 1.78 bits per heavy atom. The second kappa shape index (κ2) is 7.19. The third kappa shape index (κ3) is 4.50. The van der Waals surface area contributed by atoms with Crippen molar-refractivity contribution in [2.75, 3.05) is 0 Å². The monoisotopic (exact) mass is 335 g/mol. The maximum absolute atomic E-state index is 11.9. The van der Waals surface area contributed by atoms with Gasteiger partial charge in [-0.15, -0.1) is 0 Å². The number of hydrogen-bond donors (Lipinski definition) is 3. The zero-order valence-electron chi connectivity index (χ0n) is 13.1. The molecule has 0 aliphatic carbocycles. The predicted molar refractivity (Wildman–Crippen MR) is 87.2 cm³/mol. The van der Waals surface area contributed by atoms with E-state index >= 15 is 0 Å². The van der Waals surface area contributed by atoms with Crippen molar-refractivity contribution in [3.63, 3.8) is 0 Å². The lowest BCUT2D eigenvalue weighted by Gasteiger charge is -2.15. The summed E-state index contributed by atoms with van der Waals surface area (Å²) < 4.78 is 5.27. The molecule has 0 saturated carbocycles. The van der Waals surface area contributed by atoms with Gasteiger partial charge in [-0.25, -0.2) is 10.2 Å². The Bertz CT molecular complexity index is 710. The summed E-state index contributed by atoms with van der Waals surface area (Å²) in [5.41, 5.74) is 5.93. The summed E-state index contributed by atoms with van der Waals surface area (Å²) in [6.07, 6.45) is 0. The highest BCUT2D eigenvalue weighted by molar-refractivity contribution is 6.30. The van der Waals surface area contributed by atoms with E-state index in [-0.39, 0.29) is 6.04 Å². The van der Waals surface area contributed by atoms with Crippen LogP contribution < -0.4 is 16.2 Å². The number of benzene rings is 1. The molecule has 0 bridgehead atoms. The van der Waals surface area contributed by atoms with E-state index in [2.05, 4.69) is 16.2 Å². The van der Waals surface area contributed by atoms with Crippen molar-refractivity contribution in [1.29, 1.82) is 0 Å². The van der Waals surface area contributed by atoms with Gasteiger partial charge in [0.25, 0.3) is 5.91 Å². The number of amides is 3. The molecule has 7 heteroatoms. The summed E-state index contributed by atoms with van der Waals surface area (Å²) in [6, 6.07) is 8.01. The van der Waals surface area contributed by atoms with Gasteiger partial charge in [-0.05, 0) is 44.5 Å². The molecule has 0 aliphatic rings. The van der Waals surface area contributed by atoms with Gasteiger partial charge in [0.05, 0.1) is 11.6 Å². The van der Waals surface area contributed by atoms with Crippen LogP contribution in [0.3, 0.4) is 0 Å². The molecule has 0 radical (unpaired) electrons. The summed E-state index contributed by atoms with van der Waals surface area (Å²) in [5, 5.41) is 3.34. The van der Waals surface area contributed by atoms with Gasteiger partial charge in [0, 0.05) is 5.02 Å². The number of urea groups is 1. The average molecular weight is 336 g/mol. The Balaban J connectivity index is 1.86. The Kier molecular flexibility index (Phi) is 5.28. The number of carbonyl (C=O) groups excluding carboxylic acids is 2. The molecular formula is C16H18ClN3O3. The normalized spacial score (nSPS) is 11.7. The molecule has 0 aliphatic heterocycles. The van der Waals surface area contributed by atoms with E-state index in [9.17, 15) is 9.59 Å². The summed E-state index contributed by atoms with van der Waals surface area (Å²) in [4.78, 5) is 23.8. The molecule has 2 aromatic rings. The molecule has 0 spiro atoms. The highest BCUT2D eigenvalue weighted by Gasteiger charge is 2.15. The Morgan fingerprint density at radius 1 is 1.13 bits per heavy atom. The zero-order chi connectivity index (χ0) is 17.0. The fraction of sp³-hybridized carbons (Fsp3) is 0.250. The van der Waals surface area contributed by atoms with E-state index < -0.39 is 11.9 Å². The third-order valence-corrected chi connectivity index (χ3v) is 3.54. The summed E-state index contributed by atoms with van der Waals surface area (Å²) >= 11 is 5.82. The lowest BCUT2D eigenvalue weighted by molar-refractivity contribution is 0.0934. The first-order valence-corrected chi connectivity index (χ1v) is 7.44. The maximum atomic E-state index is 11.9. The Hall–Kier alpha value is -2.47. The highest BCUT2D eigenvalue weighted by atomic mass is 35.5. The number of halogens is 1. The molecule has 0 fully saturated rings. The van der Waals surface area contributed by atoms with Crippen molar-refractivity contribution in [3.05, 3.63) is 58.0 Å². The highest BCUT2D eigenvalue weighted by Crippen LogP contribution is 2.16. The lowest BCUT2D eigenvalue weighted by atomic mass is 10.1. The lowest BCUT2D eigenvalue weighted by Crippen LogP contribution is -2.47. The Morgan fingerprint density at radius 3 is 2.35 bits per heavy atom. The fourth-order valence-corrected chi connectivity index (χ4v) is 2.23. The second-order valence-electron chi connectivity index (χ2n) is 5.15. The first kappa shape index (κ1) is 16.9. The van der Waals surface area contributed by atoms with Crippen molar-refractivity contribution in [2.24, 2.45) is 0 Å². The number of furan rings is 1. The minimum atomic E-state index is -0.515. The molecule has 1 aromatic heterocycles. The van der Waals surface area contributed by atoms with Crippen molar-refractivity contribution < 1.29 is 14.0 Å². The van der Waals surface area contributed by atoms with Crippen molar-refractivity contribution >= 4 is 23.5 Å². The van der Waals surface area contributed by atoms with Crippen LogP contribution in [0.4, 0.5) is 4.79 Å². The quantitative estimate of drug-likeness (QED) is 0.753. The van der Waals surface area contributed by atoms with Crippen molar-refractivity contribution in [3.8, 4) is 0 Å². The van der Waals surface area contributed by atoms with E-state index in [4.69, 9.17) is 16.0 Å². The first-order valence-electron chi connectivity index (χ1n) is 7.06. The van der Waals surface area contributed by atoms with E-state index in [0.29, 0.717) is 22.1 Å². The van der Waals surface area contributed by atoms with Crippen LogP contribution in [-0.4, -0.2) is 11.9 Å². The van der Waals surface area contributed by atoms with Gasteiger partial charge in [0.15, 0.2) is 0 Å². The predicted octanol–water partition coefficient (Wildman–Crippen LogP) is 3.26. The van der Waals surface area contributed by atoms with Gasteiger partial charge in [0.2, 0.25) is 0 Å². The molecule has 1 aromatic carbocycles. The number of nitrogens with one attached hydrogen (secondary N) is 3. The average Bonchev–Trinajstić information content (AvgIpc) is 2.84. The van der Waals surface area contributed by atoms with Crippen LogP contribution in [-0.2, 0) is 0 Å². The number of aryl methyl sites for hydroxylation is 2. The minimum absolute atomic E-state index is 0.234. The molecule has 3 amide bonds. The molecule has 122 valence electrons.